The molecule has 1 saturated heterocycles. The highest BCUT2D eigenvalue weighted by Crippen LogP contribution is 2.28. The summed E-state index contributed by atoms with van der Waals surface area (Å²) in [6.07, 6.45) is 3.91. The summed E-state index contributed by atoms with van der Waals surface area (Å²) in [6, 6.07) is 0. The van der Waals surface area contributed by atoms with Gasteiger partial charge in [0.2, 0.25) is 0 Å². The number of ether oxygens (including phenoxy) is 1. The van der Waals surface area contributed by atoms with E-state index in [9.17, 15) is 0 Å². The lowest BCUT2D eigenvalue weighted by Crippen LogP contribution is -2.36. The molecule has 0 bridgehead atoms. The van der Waals surface area contributed by atoms with Crippen molar-refractivity contribution >= 4 is 26.1 Å². The summed E-state index contributed by atoms with van der Waals surface area (Å²) < 4.78 is 5.64. The van der Waals surface area contributed by atoms with Gasteiger partial charge in [-0.25, -0.2) is 0 Å². The summed E-state index contributed by atoms with van der Waals surface area (Å²) in [4.78, 5) is 0.276. The van der Waals surface area contributed by atoms with Crippen LogP contribution in [0.3, 0.4) is 0 Å². The van der Waals surface area contributed by atoms with Crippen molar-refractivity contribution in [1.82, 2.24) is 0 Å². The summed E-state index contributed by atoms with van der Waals surface area (Å²) in [5.74, 6) is 0. The third-order valence-electron chi connectivity index (χ3n) is 1.98. The average molecular weight is 160 g/mol. The summed E-state index contributed by atoms with van der Waals surface area (Å²) in [5.41, 5.74) is 0. The van der Waals surface area contributed by atoms with Gasteiger partial charge in [-0.1, -0.05) is 0 Å². The van der Waals surface area contributed by atoms with Gasteiger partial charge in [0.15, 0.2) is 0 Å². The molecule has 0 radical (unpaired) electrons. The predicted molar refractivity (Wildman–Crippen MR) is 49.3 cm³/mol. The van der Waals surface area contributed by atoms with Crippen LogP contribution in [0.5, 0.6) is 0 Å². The third kappa shape index (κ3) is 2.07. The zero-order valence-corrected chi connectivity index (χ0v) is 8.59. The van der Waals surface area contributed by atoms with Crippen LogP contribution >= 0.6 is 9.24 Å². The van der Waals surface area contributed by atoms with E-state index in [1.54, 1.807) is 0 Å². The van der Waals surface area contributed by atoms with E-state index in [0.717, 1.165) is 6.61 Å². The van der Waals surface area contributed by atoms with E-state index in [1.807, 2.05) is 0 Å². The van der Waals surface area contributed by atoms with Crippen LogP contribution < -0.4 is 0 Å². The van der Waals surface area contributed by atoms with Gasteiger partial charge < -0.3 is 4.74 Å². The van der Waals surface area contributed by atoms with Crippen molar-refractivity contribution in [3.8, 4) is 0 Å². The van der Waals surface area contributed by atoms with Crippen LogP contribution in [0.1, 0.15) is 19.3 Å². The van der Waals surface area contributed by atoms with Crippen molar-refractivity contribution in [2.75, 3.05) is 6.61 Å². The second kappa shape index (κ2) is 3.18. The Morgan fingerprint density at radius 1 is 1.56 bits per heavy atom. The van der Waals surface area contributed by atoms with E-state index in [2.05, 4.69) is 16.7 Å². The minimum atomic E-state index is 0.0125. The standard InChI is InChI=1S/C5H14BOPSi/c6-9-5(8)3-1-2-4-7-5/h1-4,6,8-9H2. The van der Waals surface area contributed by atoms with Gasteiger partial charge in [0.1, 0.15) is 0 Å². The number of rotatable bonds is 1. The molecule has 0 aromatic heterocycles. The second-order valence-electron chi connectivity index (χ2n) is 2.72. The molecule has 0 amide bonds. The lowest BCUT2D eigenvalue weighted by molar-refractivity contribution is 0.0425. The predicted octanol–water partition coefficient (Wildman–Crippen LogP) is -0.567. The minimum Gasteiger partial charge on any atom is -0.376 e. The van der Waals surface area contributed by atoms with Crippen LogP contribution in [0.4, 0.5) is 0 Å². The molecule has 0 aliphatic carbocycles. The smallest absolute Gasteiger partial charge is 0.0932 e. The Kier molecular flexibility index (Phi) is 2.75. The highest BCUT2D eigenvalue weighted by molar-refractivity contribution is 7.26. The summed E-state index contributed by atoms with van der Waals surface area (Å²) in [7, 11) is 5.21. The molecule has 1 aliphatic rings. The van der Waals surface area contributed by atoms with Crippen molar-refractivity contribution in [3.05, 3.63) is 0 Å². The fourth-order valence-electron chi connectivity index (χ4n) is 1.15. The molecule has 0 N–H and O–H groups in total. The molecule has 0 aromatic carbocycles. The van der Waals surface area contributed by atoms with Crippen LogP contribution in [0.25, 0.3) is 0 Å². The molecule has 4 heteroatoms. The third-order valence-corrected chi connectivity index (χ3v) is 5.42. The van der Waals surface area contributed by atoms with Gasteiger partial charge in [0, 0.05) is 16.0 Å². The summed E-state index contributed by atoms with van der Waals surface area (Å²) in [6.45, 7) is 0.990. The van der Waals surface area contributed by atoms with Crippen LogP contribution in [0, 0.1) is 0 Å². The SMILES string of the molecule is B[SiH2]C1(P)CCCCO1. The van der Waals surface area contributed by atoms with Gasteiger partial charge in [0.05, 0.1) is 12.4 Å². The zero-order valence-electron chi connectivity index (χ0n) is 6.02. The molecule has 0 saturated carbocycles. The van der Waals surface area contributed by atoms with Crippen molar-refractivity contribution in [1.29, 1.82) is 0 Å². The molecule has 9 heavy (non-hydrogen) atoms. The first kappa shape index (κ1) is 7.78. The first-order chi connectivity index (χ1) is 4.27. The fourth-order valence-corrected chi connectivity index (χ4v) is 2.43. The first-order valence-corrected chi connectivity index (χ1v) is 6.39. The maximum Gasteiger partial charge on any atom is 0.0932 e. The molecule has 0 aromatic rings. The Balaban J connectivity index is 2.37. The van der Waals surface area contributed by atoms with E-state index < -0.39 is 0 Å². The first-order valence-electron chi connectivity index (χ1n) is 3.70. The number of hydrogen-bond donors (Lipinski definition) is 0. The topological polar surface area (TPSA) is 9.23 Å². The van der Waals surface area contributed by atoms with Gasteiger partial charge in [0.25, 0.3) is 0 Å². The van der Waals surface area contributed by atoms with Gasteiger partial charge in [-0.2, -0.15) is 0 Å². The summed E-state index contributed by atoms with van der Waals surface area (Å²) in [5, 5.41) is 0. The normalized spacial score (nSPS) is 37.9. The Morgan fingerprint density at radius 3 is 2.67 bits per heavy atom. The van der Waals surface area contributed by atoms with E-state index in [1.165, 1.54) is 19.3 Å². The molecular weight excluding hydrogens is 146 g/mol. The Morgan fingerprint density at radius 2 is 2.33 bits per heavy atom. The van der Waals surface area contributed by atoms with Crippen LogP contribution in [0.15, 0.2) is 0 Å². The maximum atomic E-state index is 5.64. The van der Waals surface area contributed by atoms with E-state index in [4.69, 9.17) is 4.74 Å². The molecular formula is C5H14BOPSi. The lowest BCUT2D eigenvalue weighted by atomic mass is 10.2. The van der Waals surface area contributed by atoms with Crippen molar-refractivity contribution < 1.29 is 4.74 Å². The average Bonchev–Trinajstić information content (AvgIpc) is 1.90. The lowest BCUT2D eigenvalue weighted by Gasteiger charge is -2.32. The molecule has 2 atom stereocenters. The second-order valence-corrected chi connectivity index (χ2v) is 6.50. The van der Waals surface area contributed by atoms with Crippen molar-refractivity contribution in [2.45, 2.75) is 24.2 Å². The zero-order chi connectivity index (χ0) is 6.74. The van der Waals surface area contributed by atoms with E-state index in [-0.39, 0.29) is 14.4 Å². The molecule has 52 valence electrons. The van der Waals surface area contributed by atoms with Crippen LogP contribution in [-0.2, 0) is 4.74 Å². The van der Waals surface area contributed by atoms with Gasteiger partial charge >= 0.3 is 0 Å². The minimum absolute atomic E-state index is 0.0125. The maximum absolute atomic E-state index is 5.64. The molecule has 1 aliphatic heterocycles. The molecule has 0 spiro atoms. The summed E-state index contributed by atoms with van der Waals surface area (Å²) >= 11 is 0. The van der Waals surface area contributed by atoms with Gasteiger partial charge in [-0.05, 0) is 19.3 Å². The molecule has 1 nitrogen and oxygen atoms in total. The molecule has 1 fully saturated rings. The van der Waals surface area contributed by atoms with Crippen molar-refractivity contribution in [2.24, 2.45) is 0 Å². The largest absolute Gasteiger partial charge is 0.376 e. The quantitative estimate of drug-likeness (QED) is 0.368. The van der Waals surface area contributed by atoms with Crippen LogP contribution in [-0.4, -0.2) is 28.4 Å². The van der Waals surface area contributed by atoms with Crippen LogP contribution in [0.2, 0.25) is 0 Å². The Bertz CT molecular complexity index is 95.0. The molecule has 1 rings (SSSR count). The Hall–Kier alpha value is 0.672. The van der Waals surface area contributed by atoms with Crippen molar-refractivity contribution in [3.63, 3.8) is 0 Å². The highest BCUT2D eigenvalue weighted by atomic mass is 31.0. The monoisotopic (exact) mass is 160 g/mol. The highest BCUT2D eigenvalue weighted by Gasteiger charge is 2.24. The fraction of sp³-hybridized carbons (Fsp3) is 1.00. The van der Waals surface area contributed by atoms with Gasteiger partial charge in [-0.15, -0.1) is 9.24 Å². The molecule has 1 heterocycles. The Labute approximate surface area is 62.3 Å². The number of hydrogen-bond acceptors (Lipinski definition) is 1. The molecule has 2 unspecified atom stereocenters. The van der Waals surface area contributed by atoms with E-state index >= 15 is 0 Å². The van der Waals surface area contributed by atoms with Gasteiger partial charge in [-0.3, -0.25) is 0 Å². The van der Waals surface area contributed by atoms with E-state index in [0.29, 0.717) is 0 Å².